The molecule has 14 nitrogen and oxygen atoms in total. The van der Waals surface area contributed by atoms with E-state index in [0.717, 1.165) is 0 Å². The second kappa shape index (κ2) is 12.4. The van der Waals surface area contributed by atoms with Crippen molar-refractivity contribution in [3.05, 3.63) is 0 Å². The Bertz CT molecular complexity index is 1020. The summed E-state index contributed by atoms with van der Waals surface area (Å²) < 4.78 is 58.7. The van der Waals surface area contributed by atoms with Gasteiger partial charge in [-0.1, -0.05) is 0 Å². The number of hydrogen-bond acceptors (Lipinski definition) is 14. The molecule has 0 aliphatic carbocycles. The molecule has 0 radical (unpaired) electrons. The van der Waals surface area contributed by atoms with Crippen LogP contribution in [-0.2, 0) is 66.5 Å². The van der Waals surface area contributed by atoms with Crippen molar-refractivity contribution in [3.63, 3.8) is 0 Å². The van der Waals surface area contributed by atoms with E-state index in [2.05, 4.69) is 0 Å². The van der Waals surface area contributed by atoms with Crippen molar-refractivity contribution in [3.8, 4) is 0 Å². The van der Waals surface area contributed by atoms with Gasteiger partial charge in [-0.05, 0) is 0 Å². The number of ether oxygens (including phenoxy) is 10. The molecule has 0 unspecified atom stereocenters. The van der Waals surface area contributed by atoms with Gasteiger partial charge in [-0.25, -0.2) is 0 Å². The van der Waals surface area contributed by atoms with Gasteiger partial charge in [0, 0.05) is 0 Å². The van der Waals surface area contributed by atoms with Crippen molar-refractivity contribution >= 4 is 38.8 Å². The fourth-order valence-electron chi connectivity index (χ4n) is 5.34. The van der Waals surface area contributed by atoms with E-state index in [-0.39, 0.29) is 6.61 Å². The third-order valence-electron chi connectivity index (χ3n) is 6.62. The van der Waals surface area contributed by atoms with Crippen LogP contribution in [0.5, 0.6) is 0 Å². The van der Waals surface area contributed by atoms with Crippen molar-refractivity contribution in [1.82, 2.24) is 0 Å². The van der Waals surface area contributed by atoms with Gasteiger partial charge in [0.25, 0.3) is 0 Å². The molecule has 4 aliphatic heterocycles. The third kappa shape index (κ3) is 7.76. The Hall–Kier alpha value is -1.84. The van der Waals surface area contributed by atoms with Crippen LogP contribution in [0.2, 0.25) is 5.32 Å². The summed E-state index contributed by atoms with van der Waals surface area (Å²) in [5, 5.41) is -0.427. The molecule has 15 heteroatoms. The molecule has 0 saturated carbocycles. The molecular formula is C26H38O14Se. The van der Waals surface area contributed by atoms with Crippen LogP contribution < -0.4 is 0 Å². The maximum atomic E-state index is 12.1. The fourth-order valence-corrected chi connectivity index (χ4v) is 8.00. The van der Waals surface area contributed by atoms with Crippen LogP contribution in [0.4, 0.5) is 0 Å². The topological polar surface area (TPSA) is 161 Å². The summed E-state index contributed by atoms with van der Waals surface area (Å²) in [5.41, 5.74) is 0. The minimum absolute atomic E-state index is 0.288. The van der Waals surface area contributed by atoms with Crippen molar-refractivity contribution in [2.24, 2.45) is 0 Å². The first-order valence-corrected chi connectivity index (χ1v) is 15.5. The summed E-state index contributed by atoms with van der Waals surface area (Å²) in [7, 11) is 0. The van der Waals surface area contributed by atoms with Crippen molar-refractivity contribution < 1.29 is 66.5 Å². The third-order valence-corrected chi connectivity index (χ3v) is 9.20. The van der Waals surface area contributed by atoms with Crippen LogP contribution in [0.3, 0.4) is 0 Å². The van der Waals surface area contributed by atoms with Crippen molar-refractivity contribution in [1.29, 1.82) is 0 Å². The van der Waals surface area contributed by atoms with Crippen LogP contribution in [0.1, 0.15) is 55.4 Å². The Labute approximate surface area is 244 Å². The number of rotatable bonds is 8. The fraction of sp³-hybridized carbons (Fsp3) is 0.846. The molecule has 0 bridgehead atoms. The predicted molar refractivity (Wildman–Crippen MR) is 135 cm³/mol. The van der Waals surface area contributed by atoms with Gasteiger partial charge in [-0.15, -0.1) is 0 Å². The van der Waals surface area contributed by atoms with Gasteiger partial charge >= 0.3 is 244 Å². The molecule has 0 aromatic carbocycles. The Kier molecular flexibility index (Phi) is 9.71. The van der Waals surface area contributed by atoms with E-state index in [4.69, 9.17) is 47.4 Å². The molecule has 4 heterocycles. The quantitative estimate of drug-likeness (QED) is 0.203. The monoisotopic (exact) mass is 654 g/mol. The summed E-state index contributed by atoms with van der Waals surface area (Å²) in [6.45, 7) is 11.7. The van der Waals surface area contributed by atoms with Crippen molar-refractivity contribution in [2.75, 3.05) is 6.61 Å². The molecule has 4 saturated heterocycles. The van der Waals surface area contributed by atoms with E-state index in [9.17, 15) is 19.2 Å². The summed E-state index contributed by atoms with van der Waals surface area (Å²) in [6.07, 6.45) is -7.20. The van der Waals surface area contributed by atoms with E-state index in [0.29, 0.717) is 5.32 Å². The molecular weight excluding hydrogens is 615 g/mol. The normalized spacial score (nSPS) is 38.7. The SMILES string of the molecule is CC(=O)OC[C@H]1O[C@@H]([Se]C[C@H]2O[C@@H]3OC(C)(C)O[C@@H]3[C@H]3OC(C)(C)O[C@H]32)[C@H](OC(C)=O)[C@@H](OC(C)=O)[C@H]1OC(C)=O. The zero-order valence-electron chi connectivity index (χ0n) is 24.3. The average molecular weight is 654 g/mol. The van der Waals surface area contributed by atoms with Gasteiger partial charge in [0.05, 0.1) is 0 Å². The number of carbonyl (C=O) groups excluding carboxylic acids is 4. The first kappa shape index (κ1) is 32.1. The summed E-state index contributed by atoms with van der Waals surface area (Å²) in [4.78, 5) is 47.8. The molecule has 10 atom stereocenters. The van der Waals surface area contributed by atoms with E-state index < -0.39 is 111 Å². The van der Waals surface area contributed by atoms with Gasteiger partial charge in [-0.3, -0.25) is 0 Å². The number of esters is 4. The second-order valence-corrected chi connectivity index (χ2v) is 13.5. The van der Waals surface area contributed by atoms with E-state index in [1.807, 2.05) is 13.8 Å². The molecule has 0 amide bonds. The van der Waals surface area contributed by atoms with E-state index in [1.54, 1.807) is 13.8 Å². The Morgan fingerprint density at radius 1 is 0.634 bits per heavy atom. The Balaban J connectivity index is 1.59. The zero-order chi connectivity index (χ0) is 30.3. The molecule has 4 rings (SSSR count). The van der Waals surface area contributed by atoms with Gasteiger partial charge in [-0.2, -0.15) is 0 Å². The Morgan fingerprint density at radius 2 is 1.17 bits per heavy atom. The van der Waals surface area contributed by atoms with Crippen LogP contribution in [0.15, 0.2) is 0 Å². The van der Waals surface area contributed by atoms with Gasteiger partial charge in [0.15, 0.2) is 0 Å². The predicted octanol–water partition coefficient (Wildman–Crippen LogP) is 0.589. The zero-order valence-corrected chi connectivity index (χ0v) is 26.0. The van der Waals surface area contributed by atoms with Gasteiger partial charge in [0.2, 0.25) is 0 Å². The van der Waals surface area contributed by atoms with Crippen LogP contribution in [-0.4, -0.2) is 117 Å². The van der Waals surface area contributed by atoms with E-state index in [1.165, 1.54) is 27.7 Å². The number of fused-ring (bicyclic) bond motifs is 3. The second-order valence-electron chi connectivity index (χ2n) is 11.1. The molecule has 0 aromatic rings. The molecule has 232 valence electrons. The Morgan fingerprint density at radius 3 is 1.78 bits per heavy atom. The van der Waals surface area contributed by atoms with Gasteiger partial charge in [0.1, 0.15) is 0 Å². The van der Waals surface area contributed by atoms with Crippen molar-refractivity contribution in [2.45, 2.75) is 132 Å². The molecule has 0 N–H and O–H groups in total. The summed E-state index contributed by atoms with van der Waals surface area (Å²) >= 11 is -0.513. The molecule has 4 aliphatic rings. The number of carbonyl (C=O) groups is 4. The molecule has 41 heavy (non-hydrogen) atoms. The maximum absolute atomic E-state index is 12.1. The molecule has 0 spiro atoms. The first-order valence-electron chi connectivity index (χ1n) is 13.3. The summed E-state index contributed by atoms with van der Waals surface area (Å²) in [5.74, 6) is -4.37. The molecule has 4 fully saturated rings. The number of hydrogen-bond donors (Lipinski definition) is 0. The average Bonchev–Trinajstić information content (AvgIpc) is 3.32. The van der Waals surface area contributed by atoms with Gasteiger partial charge < -0.3 is 0 Å². The minimum atomic E-state index is -1.22. The first-order chi connectivity index (χ1) is 19.0. The van der Waals surface area contributed by atoms with Crippen LogP contribution in [0.25, 0.3) is 0 Å². The van der Waals surface area contributed by atoms with Crippen LogP contribution in [0, 0.1) is 0 Å². The summed E-state index contributed by atoms with van der Waals surface area (Å²) in [6, 6.07) is 0. The van der Waals surface area contributed by atoms with E-state index >= 15 is 0 Å². The standard InChI is InChI=1S/C26H38O14Se/c1-11(27)31-9-15-17(32-12(2)28)19(33-13(3)29)22(34-14(4)30)24(36-15)41-10-16-18-20(38-25(5,6)37-18)21-23(35-16)40-26(7,8)39-21/h15-24H,9-10H2,1-8H3/t15-,16-,17+,18+,19+,20+,21-,22-,23-,24+/m1/s1. The molecule has 0 aromatic heterocycles. The van der Waals surface area contributed by atoms with Crippen LogP contribution >= 0.6 is 0 Å².